The Kier molecular flexibility index (Phi) is 9.41. The minimum absolute atomic E-state index is 0. The fraction of sp³-hybridized carbons (Fsp3) is 0.467. The Morgan fingerprint density at radius 3 is 2.43 bits per heavy atom. The molecule has 0 saturated heterocycles. The Morgan fingerprint density at radius 1 is 1.29 bits per heavy atom. The lowest BCUT2D eigenvalue weighted by Gasteiger charge is -2.28. The third-order valence-corrected chi connectivity index (χ3v) is 3.21. The van der Waals surface area contributed by atoms with Crippen LogP contribution in [0.15, 0.2) is 30.3 Å². The maximum atomic E-state index is 12.3. The molecule has 2 amide bonds. The highest BCUT2D eigenvalue weighted by atomic mass is 35.5. The highest BCUT2D eigenvalue weighted by molar-refractivity contribution is 5.85. The van der Waals surface area contributed by atoms with Crippen LogP contribution in [0.25, 0.3) is 0 Å². The van der Waals surface area contributed by atoms with Crippen LogP contribution in [0.2, 0.25) is 0 Å². The smallest absolute Gasteiger partial charge is 0.237 e. The summed E-state index contributed by atoms with van der Waals surface area (Å²) in [4.78, 5) is 25.0. The molecule has 0 fully saturated rings. The van der Waals surface area contributed by atoms with Crippen LogP contribution in [0, 0.1) is 0 Å². The zero-order chi connectivity index (χ0) is 15.0. The number of benzene rings is 1. The van der Waals surface area contributed by atoms with Gasteiger partial charge in [0.05, 0.1) is 12.6 Å². The van der Waals surface area contributed by atoms with Gasteiger partial charge in [0.2, 0.25) is 11.8 Å². The molecule has 0 aliphatic rings. The zero-order valence-electron chi connectivity index (χ0n) is 12.5. The molecular weight excluding hydrogens is 290 g/mol. The summed E-state index contributed by atoms with van der Waals surface area (Å²) in [6.07, 6.45) is 1.15. The maximum Gasteiger partial charge on any atom is 0.237 e. The third-order valence-electron chi connectivity index (χ3n) is 3.21. The minimum atomic E-state index is -0.491. The first-order valence-corrected chi connectivity index (χ1v) is 6.83. The summed E-state index contributed by atoms with van der Waals surface area (Å²) in [6.45, 7) is 2.64. The van der Waals surface area contributed by atoms with E-state index in [1.54, 1.807) is 4.90 Å². The van der Waals surface area contributed by atoms with Gasteiger partial charge in [0.25, 0.3) is 0 Å². The van der Waals surface area contributed by atoms with Gasteiger partial charge in [-0.3, -0.25) is 9.59 Å². The van der Waals surface area contributed by atoms with Gasteiger partial charge in [-0.2, -0.15) is 0 Å². The van der Waals surface area contributed by atoms with Gasteiger partial charge in [0.15, 0.2) is 0 Å². The van der Waals surface area contributed by atoms with Crippen LogP contribution in [0.3, 0.4) is 0 Å². The summed E-state index contributed by atoms with van der Waals surface area (Å²) in [5.74, 6) is -0.537. The van der Waals surface area contributed by atoms with Gasteiger partial charge in [-0.1, -0.05) is 30.3 Å². The standard InChI is InChI=1S/C15H23N3O2.ClH/c1-12(13-7-4-3-5-8-13)18(11-14(16)19)15(20)9-6-10-17-2;/h3-5,7-8,12,17H,6,9-11H2,1-2H3,(H2,16,19);1H/t12-;/m1./s1. The lowest BCUT2D eigenvalue weighted by molar-refractivity contribution is -0.137. The molecule has 0 spiro atoms. The largest absolute Gasteiger partial charge is 0.368 e. The Labute approximate surface area is 132 Å². The molecule has 5 nitrogen and oxygen atoms in total. The molecule has 0 aliphatic carbocycles. The quantitative estimate of drug-likeness (QED) is 0.714. The molecule has 1 aromatic rings. The van der Waals surface area contributed by atoms with Crippen molar-refractivity contribution < 1.29 is 9.59 Å². The fourth-order valence-electron chi connectivity index (χ4n) is 2.08. The number of halogens is 1. The average Bonchev–Trinajstić information content (AvgIpc) is 2.45. The van der Waals surface area contributed by atoms with Gasteiger partial charge in [-0.05, 0) is 32.5 Å². The first kappa shape index (κ1) is 19.4. The van der Waals surface area contributed by atoms with E-state index < -0.39 is 5.91 Å². The number of hydrogen-bond donors (Lipinski definition) is 2. The second kappa shape index (κ2) is 10.2. The Bertz CT molecular complexity index is 440. The van der Waals surface area contributed by atoms with Crippen LogP contribution in [-0.4, -0.2) is 36.9 Å². The predicted molar refractivity (Wildman–Crippen MR) is 86.2 cm³/mol. The van der Waals surface area contributed by atoms with Crippen LogP contribution in [0.4, 0.5) is 0 Å². The van der Waals surface area contributed by atoms with Crippen molar-refractivity contribution in [2.45, 2.75) is 25.8 Å². The molecule has 0 aromatic heterocycles. The van der Waals surface area contributed by atoms with Crippen LogP contribution in [0.5, 0.6) is 0 Å². The van der Waals surface area contributed by atoms with Crippen LogP contribution in [-0.2, 0) is 9.59 Å². The Hall–Kier alpha value is -1.59. The van der Waals surface area contributed by atoms with Gasteiger partial charge in [0, 0.05) is 6.42 Å². The Balaban J connectivity index is 0.00000400. The van der Waals surface area contributed by atoms with Gasteiger partial charge in [-0.25, -0.2) is 0 Å². The molecule has 6 heteroatoms. The first-order valence-electron chi connectivity index (χ1n) is 6.83. The average molecular weight is 314 g/mol. The van der Waals surface area contributed by atoms with Crippen molar-refractivity contribution in [1.82, 2.24) is 10.2 Å². The highest BCUT2D eigenvalue weighted by Crippen LogP contribution is 2.20. The highest BCUT2D eigenvalue weighted by Gasteiger charge is 2.22. The second-order valence-electron chi connectivity index (χ2n) is 4.78. The molecule has 21 heavy (non-hydrogen) atoms. The predicted octanol–water partition coefficient (Wildman–Crippen LogP) is 1.48. The summed E-state index contributed by atoms with van der Waals surface area (Å²) in [6, 6.07) is 9.48. The molecule has 0 saturated carbocycles. The van der Waals surface area contributed by atoms with Crippen molar-refractivity contribution in [3.8, 4) is 0 Å². The van der Waals surface area contributed by atoms with Gasteiger partial charge >= 0.3 is 0 Å². The summed E-state index contributed by atoms with van der Waals surface area (Å²) in [5, 5.41) is 3.00. The van der Waals surface area contributed by atoms with E-state index in [9.17, 15) is 9.59 Å². The van der Waals surface area contributed by atoms with E-state index in [1.165, 1.54) is 0 Å². The van der Waals surface area contributed by atoms with Crippen molar-refractivity contribution in [2.75, 3.05) is 20.1 Å². The van der Waals surface area contributed by atoms with Crippen molar-refractivity contribution in [1.29, 1.82) is 0 Å². The molecule has 0 aliphatic heterocycles. The molecule has 1 atom stereocenters. The number of carbonyl (C=O) groups excluding carboxylic acids is 2. The molecule has 0 unspecified atom stereocenters. The number of hydrogen-bond acceptors (Lipinski definition) is 3. The van der Waals surface area contributed by atoms with Gasteiger partial charge in [0.1, 0.15) is 0 Å². The summed E-state index contributed by atoms with van der Waals surface area (Å²) >= 11 is 0. The normalized spacial score (nSPS) is 11.3. The molecule has 0 radical (unpaired) electrons. The number of amides is 2. The third kappa shape index (κ3) is 6.60. The van der Waals surface area contributed by atoms with Crippen molar-refractivity contribution >= 4 is 24.2 Å². The second-order valence-corrected chi connectivity index (χ2v) is 4.78. The number of rotatable bonds is 8. The Morgan fingerprint density at radius 2 is 1.90 bits per heavy atom. The van der Waals surface area contributed by atoms with E-state index in [-0.39, 0.29) is 30.9 Å². The van der Waals surface area contributed by atoms with E-state index in [0.717, 1.165) is 18.5 Å². The van der Waals surface area contributed by atoms with E-state index in [0.29, 0.717) is 6.42 Å². The van der Waals surface area contributed by atoms with Gasteiger partial charge in [-0.15, -0.1) is 12.4 Å². The summed E-state index contributed by atoms with van der Waals surface area (Å²) in [5.41, 5.74) is 6.25. The lowest BCUT2D eigenvalue weighted by Crippen LogP contribution is -2.40. The molecule has 0 heterocycles. The fourth-order valence-corrected chi connectivity index (χ4v) is 2.08. The molecule has 0 bridgehead atoms. The minimum Gasteiger partial charge on any atom is -0.368 e. The van der Waals surface area contributed by atoms with E-state index in [4.69, 9.17) is 5.73 Å². The van der Waals surface area contributed by atoms with Crippen molar-refractivity contribution in [3.63, 3.8) is 0 Å². The number of nitrogens with one attached hydrogen (secondary N) is 1. The zero-order valence-corrected chi connectivity index (χ0v) is 13.4. The molecule has 1 rings (SSSR count). The van der Waals surface area contributed by atoms with E-state index in [1.807, 2.05) is 44.3 Å². The molecule has 1 aromatic carbocycles. The van der Waals surface area contributed by atoms with Crippen LogP contribution < -0.4 is 11.1 Å². The van der Waals surface area contributed by atoms with E-state index in [2.05, 4.69) is 5.32 Å². The summed E-state index contributed by atoms with van der Waals surface area (Å²) in [7, 11) is 1.85. The monoisotopic (exact) mass is 313 g/mol. The van der Waals surface area contributed by atoms with Crippen molar-refractivity contribution in [3.05, 3.63) is 35.9 Å². The lowest BCUT2D eigenvalue weighted by atomic mass is 10.1. The molecular formula is C15H24ClN3O2. The SMILES string of the molecule is CNCCCC(=O)N(CC(N)=O)[C@H](C)c1ccccc1.Cl. The maximum absolute atomic E-state index is 12.3. The molecule has 118 valence electrons. The van der Waals surface area contributed by atoms with E-state index >= 15 is 0 Å². The molecule has 3 N–H and O–H groups in total. The van der Waals surface area contributed by atoms with Gasteiger partial charge < -0.3 is 16.0 Å². The van der Waals surface area contributed by atoms with Crippen molar-refractivity contribution in [2.24, 2.45) is 5.73 Å². The number of nitrogens with zero attached hydrogens (tertiary/aromatic N) is 1. The number of primary amides is 1. The summed E-state index contributed by atoms with van der Waals surface area (Å²) < 4.78 is 0. The topological polar surface area (TPSA) is 75.4 Å². The number of nitrogens with two attached hydrogens (primary N) is 1. The number of carbonyl (C=O) groups is 2. The van der Waals surface area contributed by atoms with Crippen LogP contribution in [0.1, 0.15) is 31.4 Å². The first-order chi connectivity index (χ1) is 9.56. The van der Waals surface area contributed by atoms with Crippen LogP contribution >= 0.6 is 12.4 Å².